The van der Waals surface area contributed by atoms with E-state index in [0.29, 0.717) is 29.8 Å². The molecule has 3 rings (SSSR count). The highest BCUT2D eigenvalue weighted by molar-refractivity contribution is 6.29. The van der Waals surface area contributed by atoms with Crippen molar-refractivity contribution in [2.45, 2.75) is 44.6 Å². The van der Waals surface area contributed by atoms with Gasteiger partial charge in [0.25, 0.3) is 0 Å². The molecule has 0 N–H and O–H groups in total. The number of aromatic nitrogens is 2. The molecule has 1 aliphatic rings. The zero-order valence-electron chi connectivity index (χ0n) is 12.9. The molecule has 1 amide bonds. The smallest absolute Gasteiger partial charge is 0.223 e. The normalized spacial score (nSPS) is 17.6. The maximum Gasteiger partial charge on any atom is 0.223 e. The molecule has 0 bridgehead atoms. The number of halogens is 1. The topological polar surface area (TPSA) is 59.2 Å². The van der Waals surface area contributed by atoms with Crippen LogP contribution in [0.1, 0.15) is 37.0 Å². The van der Waals surface area contributed by atoms with E-state index in [1.807, 2.05) is 29.4 Å². The first-order chi connectivity index (χ1) is 11.2. The minimum atomic E-state index is 0.190. The summed E-state index contributed by atoms with van der Waals surface area (Å²) in [6.07, 6.45) is 8.78. The van der Waals surface area contributed by atoms with E-state index in [1.165, 1.54) is 5.56 Å². The van der Waals surface area contributed by atoms with Crippen molar-refractivity contribution in [2.75, 3.05) is 6.54 Å². The number of amides is 1. The molecule has 23 heavy (non-hydrogen) atoms. The molecule has 0 saturated carbocycles. The molecule has 1 fully saturated rings. The van der Waals surface area contributed by atoms with Crippen LogP contribution in [0.2, 0.25) is 5.15 Å². The molecule has 3 heterocycles. The van der Waals surface area contributed by atoms with Gasteiger partial charge in [-0.3, -0.25) is 9.78 Å². The van der Waals surface area contributed by atoms with Crippen LogP contribution in [0.15, 0.2) is 35.1 Å². The second kappa shape index (κ2) is 7.59. The fourth-order valence-electron chi connectivity index (χ4n) is 3.13. The van der Waals surface area contributed by atoms with Gasteiger partial charge in [0, 0.05) is 43.9 Å². The first-order valence-corrected chi connectivity index (χ1v) is 8.39. The highest BCUT2D eigenvalue weighted by atomic mass is 35.5. The third kappa shape index (κ3) is 4.32. The Labute approximate surface area is 140 Å². The number of carbonyl (C=O) groups excluding carboxylic acids is 1. The van der Waals surface area contributed by atoms with E-state index in [2.05, 4.69) is 10.1 Å². The van der Waals surface area contributed by atoms with Gasteiger partial charge < -0.3 is 9.42 Å². The number of rotatable bonds is 6. The van der Waals surface area contributed by atoms with Crippen molar-refractivity contribution in [3.8, 4) is 0 Å². The quantitative estimate of drug-likeness (QED) is 0.814. The summed E-state index contributed by atoms with van der Waals surface area (Å²) in [4.78, 5) is 18.5. The summed E-state index contributed by atoms with van der Waals surface area (Å²) in [6, 6.07) is 6.08. The first-order valence-electron chi connectivity index (χ1n) is 8.02. The molecule has 0 aliphatic carbocycles. The van der Waals surface area contributed by atoms with Gasteiger partial charge in [-0.2, -0.15) is 0 Å². The third-order valence-corrected chi connectivity index (χ3v) is 4.51. The summed E-state index contributed by atoms with van der Waals surface area (Å²) >= 11 is 5.72. The van der Waals surface area contributed by atoms with E-state index in [1.54, 1.807) is 6.07 Å². The molecule has 1 saturated heterocycles. The van der Waals surface area contributed by atoms with Gasteiger partial charge in [-0.05, 0) is 43.4 Å². The maximum atomic E-state index is 12.5. The van der Waals surface area contributed by atoms with Gasteiger partial charge in [0.2, 0.25) is 5.91 Å². The predicted octanol–water partition coefficient (Wildman–Crippen LogP) is 3.28. The highest BCUT2D eigenvalue weighted by Crippen LogP contribution is 2.23. The van der Waals surface area contributed by atoms with Gasteiger partial charge in [-0.25, -0.2) is 0 Å². The standard InChI is InChI=1S/C17H20ClN3O2/c18-16-12-15(23-20-16)5-6-17(22)21-11-1-2-14(21)4-3-13-7-9-19-10-8-13/h7-10,12,14H,1-6,11H2/t14-/m1/s1. The van der Waals surface area contributed by atoms with Crippen molar-refractivity contribution in [1.82, 2.24) is 15.0 Å². The van der Waals surface area contributed by atoms with Crippen molar-refractivity contribution in [3.63, 3.8) is 0 Å². The van der Waals surface area contributed by atoms with Gasteiger partial charge in [-0.1, -0.05) is 16.8 Å². The van der Waals surface area contributed by atoms with Crippen molar-refractivity contribution in [1.29, 1.82) is 0 Å². The van der Waals surface area contributed by atoms with Gasteiger partial charge >= 0.3 is 0 Å². The largest absolute Gasteiger partial charge is 0.360 e. The summed E-state index contributed by atoms with van der Waals surface area (Å²) < 4.78 is 5.05. The Hall–Kier alpha value is -1.88. The van der Waals surface area contributed by atoms with E-state index < -0.39 is 0 Å². The molecule has 0 aromatic carbocycles. The maximum absolute atomic E-state index is 12.5. The number of hydrogen-bond donors (Lipinski definition) is 0. The fraction of sp³-hybridized carbons (Fsp3) is 0.471. The molecule has 0 unspecified atom stereocenters. The lowest BCUT2D eigenvalue weighted by Crippen LogP contribution is -2.35. The van der Waals surface area contributed by atoms with Crippen molar-refractivity contribution in [3.05, 3.63) is 47.1 Å². The summed E-state index contributed by atoms with van der Waals surface area (Å²) in [5.74, 6) is 0.852. The lowest BCUT2D eigenvalue weighted by molar-refractivity contribution is -0.132. The average Bonchev–Trinajstić information content (AvgIpc) is 3.20. The number of likely N-dealkylation sites (tertiary alicyclic amines) is 1. The van der Waals surface area contributed by atoms with Crippen molar-refractivity contribution >= 4 is 17.5 Å². The molecule has 0 radical (unpaired) electrons. The monoisotopic (exact) mass is 333 g/mol. The number of hydrogen-bond acceptors (Lipinski definition) is 4. The van der Waals surface area contributed by atoms with Crippen LogP contribution in [-0.2, 0) is 17.6 Å². The Morgan fingerprint density at radius 1 is 1.35 bits per heavy atom. The number of aryl methyl sites for hydroxylation is 2. The van der Waals surface area contributed by atoms with Crippen LogP contribution in [0.5, 0.6) is 0 Å². The van der Waals surface area contributed by atoms with Crippen LogP contribution < -0.4 is 0 Å². The molecular weight excluding hydrogens is 314 g/mol. The average molecular weight is 334 g/mol. The van der Waals surface area contributed by atoms with Crippen LogP contribution in [0, 0.1) is 0 Å². The van der Waals surface area contributed by atoms with Crippen LogP contribution in [0.4, 0.5) is 0 Å². The zero-order chi connectivity index (χ0) is 16.1. The summed E-state index contributed by atoms with van der Waals surface area (Å²) in [5, 5.41) is 3.97. The molecule has 5 nitrogen and oxygen atoms in total. The van der Waals surface area contributed by atoms with Gasteiger partial charge in [0.05, 0.1) is 0 Å². The Morgan fingerprint density at radius 2 is 2.17 bits per heavy atom. The second-order valence-electron chi connectivity index (χ2n) is 5.89. The Kier molecular flexibility index (Phi) is 5.28. The van der Waals surface area contributed by atoms with E-state index in [-0.39, 0.29) is 5.91 Å². The summed E-state index contributed by atoms with van der Waals surface area (Å²) in [6.45, 7) is 0.858. The third-order valence-electron chi connectivity index (χ3n) is 4.33. The first kappa shape index (κ1) is 16.0. The molecule has 6 heteroatoms. The van der Waals surface area contributed by atoms with Crippen LogP contribution >= 0.6 is 11.6 Å². The SMILES string of the molecule is O=C(CCc1cc(Cl)no1)N1CCC[C@@H]1CCc1ccncc1. The Balaban J connectivity index is 1.50. The second-order valence-corrected chi connectivity index (χ2v) is 6.28. The molecule has 2 aromatic rings. The Bertz CT molecular complexity index is 644. The van der Waals surface area contributed by atoms with Crippen LogP contribution in [-0.4, -0.2) is 33.5 Å². The predicted molar refractivity (Wildman–Crippen MR) is 87.1 cm³/mol. The van der Waals surface area contributed by atoms with Crippen molar-refractivity contribution < 1.29 is 9.32 Å². The fourth-order valence-corrected chi connectivity index (χ4v) is 3.28. The number of nitrogens with zero attached hydrogens (tertiary/aromatic N) is 3. The van der Waals surface area contributed by atoms with E-state index in [9.17, 15) is 4.79 Å². The molecule has 1 aliphatic heterocycles. The highest BCUT2D eigenvalue weighted by Gasteiger charge is 2.28. The molecule has 1 atom stereocenters. The summed E-state index contributed by atoms with van der Waals surface area (Å²) in [7, 11) is 0. The van der Waals surface area contributed by atoms with E-state index >= 15 is 0 Å². The molecular formula is C17H20ClN3O2. The zero-order valence-corrected chi connectivity index (χ0v) is 13.7. The molecule has 2 aromatic heterocycles. The lowest BCUT2D eigenvalue weighted by atomic mass is 10.0. The number of pyridine rings is 1. The molecule has 0 spiro atoms. The van der Waals surface area contributed by atoms with Gasteiger partial charge in [0.15, 0.2) is 5.15 Å². The van der Waals surface area contributed by atoms with Gasteiger partial charge in [-0.15, -0.1) is 0 Å². The molecule has 122 valence electrons. The minimum absolute atomic E-state index is 0.190. The van der Waals surface area contributed by atoms with Crippen LogP contribution in [0.25, 0.3) is 0 Å². The summed E-state index contributed by atoms with van der Waals surface area (Å²) in [5.41, 5.74) is 1.27. The van der Waals surface area contributed by atoms with Crippen molar-refractivity contribution in [2.24, 2.45) is 0 Å². The van der Waals surface area contributed by atoms with Crippen LogP contribution in [0.3, 0.4) is 0 Å². The lowest BCUT2D eigenvalue weighted by Gasteiger charge is -2.24. The minimum Gasteiger partial charge on any atom is -0.360 e. The number of carbonyl (C=O) groups is 1. The van der Waals surface area contributed by atoms with E-state index in [4.69, 9.17) is 16.1 Å². The van der Waals surface area contributed by atoms with E-state index in [0.717, 1.165) is 32.2 Å². The van der Waals surface area contributed by atoms with Gasteiger partial charge in [0.1, 0.15) is 5.76 Å². The Morgan fingerprint density at radius 3 is 2.91 bits per heavy atom.